The minimum Gasteiger partial charge on any atom is -0.756 e. The molecule has 0 radical (unpaired) electrons. The summed E-state index contributed by atoms with van der Waals surface area (Å²) in [6.07, 6.45) is 23.2. The fraction of sp³-hybridized carbons (Fsp3) is 1.00. The molecule has 5 nitrogen and oxygen atoms in total. The Morgan fingerprint density at radius 1 is 0.562 bits per heavy atom. The van der Waals surface area contributed by atoms with E-state index in [9.17, 15) is 9.46 Å². The summed E-state index contributed by atoms with van der Waals surface area (Å²) < 4.78 is 22.6. The van der Waals surface area contributed by atoms with Crippen LogP contribution in [-0.4, -0.2) is 44.9 Å². The molecule has 0 aromatic rings. The van der Waals surface area contributed by atoms with Crippen LogP contribution in [0.4, 0.5) is 0 Å². The largest absolute Gasteiger partial charge is 0.756 e. The highest BCUT2D eigenvalue weighted by atomic mass is 31.2. The van der Waals surface area contributed by atoms with Crippen molar-refractivity contribution < 1.29 is 23.0 Å². The van der Waals surface area contributed by atoms with Crippen LogP contribution in [0.25, 0.3) is 0 Å². The molecule has 0 saturated carbocycles. The zero-order chi connectivity index (χ0) is 24.0. The van der Waals surface area contributed by atoms with Crippen LogP contribution in [0.15, 0.2) is 0 Å². The van der Waals surface area contributed by atoms with Gasteiger partial charge >= 0.3 is 0 Å². The standard InChI is InChI=1S/C26H56NO4P/c1-5-7-9-11-12-13-14-15-16-17-18-19-20-21-23-27(3,4)24-26-31-32(28,29)30-25-22-10-8-6-2/h5-26H2,1-4H3. The summed E-state index contributed by atoms with van der Waals surface area (Å²) >= 11 is 0. The summed E-state index contributed by atoms with van der Waals surface area (Å²) in [5.41, 5.74) is 0. The van der Waals surface area contributed by atoms with E-state index in [1.165, 1.54) is 89.9 Å². The van der Waals surface area contributed by atoms with Gasteiger partial charge in [-0.2, -0.15) is 0 Å². The second kappa shape index (κ2) is 21.6. The highest BCUT2D eigenvalue weighted by molar-refractivity contribution is 7.45. The Labute approximate surface area is 200 Å². The Hall–Kier alpha value is 0.0700. The molecule has 0 aromatic heterocycles. The van der Waals surface area contributed by atoms with Crippen molar-refractivity contribution in [1.29, 1.82) is 0 Å². The molecule has 6 heteroatoms. The van der Waals surface area contributed by atoms with Crippen molar-refractivity contribution in [3.8, 4) is 0 Å². The minimum atomic E-state index is -4.15. The van der Waals surface area contributed by atoms with Gasteiger partial charge < -0.3 is 18.4 Å². The molecule has 0 heterocycles. The van der Waals surface area contributed by atoms with Gasteiger partial charge in [-0.1, -0.05) is 110 Å². The first-order chi connectivity index (χ1) is 15.3. The van der Waals surface area contributed by atoms with Crippen molar-refractivity contribution in [2.45, 2.75) is 129 Å². The molecule has 1 unspecified atom stereocenters. The minimum absolute atomic E-state index is 0.196. The smallest absolute Gasteiger partial charge is 0.268 e. The van der Waals surface area contributed by atoms with Crippen molar-refractivity contribution in [3.63, 3.8) is 0 Å². The Bertz CT molecular complexity index is 446. The second-order valence-electron chi connectivity index (χ2n) is 10.2. The highest BCUT2D eigenvalue weighted by Crippen LogP contribution is 2.38. The Balaban J connectivity index is 3.54. The van der Waals surface area contributed by atoms with Crippen LogP contribution in [0.1, 0.15) is 129 Å². The molecule has 0 bridgehead atoms. The van der Waals surface area contributed by atoms with E-state index in [1.54, 1.807) is 0 Å². The Morgan fingerprint density at radius 2 is 0.938 bits per heavy atom. The molecule has 0 aliphatic carbocycles. The van der Waals surface area contributed by atoms with Crippen LogP contribution in [-0.2, 0) is 13.6 Å². The fourth-order valence-corrected chi connectivity index (χ4v) is 4.72. The normalized spacial score (nSPS) is 14.0. The predicted octanol–water partition coefficient (Wildman–Crippen LogP) is 7.63. The van der Waals surface area contributed by atoms with Crippen molar-refractivity contribution >= 4 is 7.82 Å². The van der Waals surface area contributed by atoms with Crippen molar-refractivity contribution in [1.82, 2.24) is 0 Å². The van der Waals surface area contributed by atoms with Gasteiger partial charge in [0.2, 0.25) is 0 Å². The maximum Gasteiger partial charge on any atom is 0.268 e. The van der Waals surface area contributed by atoms with E-state index in [-0.39, 0.29) is 13.2 Å². The van der Waals surface area contributed by atoms with Crippen LogP contribution in [0.5, 0.6) is 0 Å². The average Bonchev–Trinajstić information content (AvgIpc) is 2.73. The lowest BCUT2D eigenvalue weighted by atomic mass is 10.0. The Kier molecular flexibility index (Phi) is 21.6. The number of quaternary nitrogens is 1. The van der Waals surface area contributed by atoms with Gasteiger partial charge in [0.05, 0.1) is 27.2 Å². The fourth-order valence-electron chi connectivity index (χ4n) is 3.99. The lowest BCUT2D eigenvalue weighted by Crippen LogP contribution is -2.43. The third kappa shape index (κ3) is 23.2. The number of nitrogens with zero attached hydrogens (tertiary/aromatic N) is 1. The molecule has 0 fully saturated rings. The number of hydrogen-bond donors (Lipinski definition) is 0. The zero-order valence-corrected chi connectivity index (χ0v) is 23.0. The summed E-state index contributed by atoms with van der Waals surface area (Å²) in [5, 5.41) is 0. The first kappa shape index (κ1) is 32.1. The molecular weight excluding hydrogens is 421 g/mol. The number of unbranched alkanes of at least 4 members (excludes halogenated alkanes) is 16. The van der Waals surface area contributed by atoms with Crippen molar-refractivity contribution in [3.05, 3.63) is 0 Å². The van der Waals surface area contributed by atoms with E-state index >= 15 is 0 Å². The molecule has 0 spiro atoms. The van der Waals surface area contributed by atoms with Gasteiger partial charge in [-0.25, -0.2) is 0 Å². The lowest BCUT2D eigenvalue weighted by Gasteiger charge is -2.31. The molecule has 0 aliphatic heterocycles. The summed E-state index contributed by atoms with van der Waals surface area (Å²) in [6.45, 7) is 6.57. The van der Waals surface area contributed by atoms with Gasteiger partial charge in [-0.15, -0.1) is 0 Å². The molecule has 0 saturated heterocycles. The monoisotopic (exact) mass is 477 g/mol. The summed E-state index contributed by atoms with van der Waals surface area (Å²) in [4.78, 5) is 11.8. The van der Waals surface area contributed by atoms with E-state index in [0.29, 0.717) is 6.54 Å². The number of hydrogen-bond acceptors (Lipinski definition) is 4. The lowest BCUT2D eigenvalue weighted by molar-refractivity contribution is -0.890. The van der Waals surface area contributed by atoms with Gasteiger partial charge in [-0.3, -0.25) is 4.57 Å². The summed E-state index contributed by atoms with van der Waals surface area (Å²) in [5.74, 6) is 0. The predicted molar refractivity (Wildman–Crippen MR) is 136 cm³/mol. The first-order valence-electron chi connectivity index (χ1n) is 13.7. The van der Waals surface area contributed by atoms with Crippen LogP contribution in [0.2, 0.25) is 0 Å². The molecule has 32 heavy (non-hydrogen) atoms. The van der Waals surface area contributed by atoms with E-state index in [2.05, 4.69) is 27.9 Å². The maximum absolute atomic E-state index is 11.8. The van der Waals surface area contributed by atoms with E-state index in [1.807, 2.05) is 0 Å². The molecular formula is C26H56NO4P. The average molecular weight is 478 g/mol. The summed E-state index contributed by atoms with van der Waals surface area (Å²) in [6, 6.07) is 0. The molecule has 0 N–H and O–H groups in total. The third-order valence-electron chi connectivity index (χ3n) is 6.31. The first-order valence-corrected chi connectivity index (χ1v) is 15.2. The van der Waals surface area contributed by atoms with Crippen LogP contribution in [0, 0.1) is 0 Å². The number of phosphoric acid groups is 1. The van der Waals surface area contributed by atoms with Gasteiger partial charge in [0, 0.05) is 0 Å². The maximum atomic E-state index is 11.8. The second-order valence-corrected chi connectivity index (χ2v) is 11.6. The molecule has 0 amide bonds. The molecule has 0 aliphatic rings. The van der Waals surface area contributed by atoms with E-state index < -0.39 is 7.82 Å². The number of likely N-dealkylation sites (N-methyl/N-ethyl adjacent to an activating group) is 1. The summed E-state index contributed by atoms with van der Waals surface area (Å²) in [7, 11) is 0.143. The topological polar surface area (TPSA) is 58.6 Å². The van der Waals surface area contributed by atoms with Gasteiger partial charge in [0.1, 0.15) is 13.2 Å². The quantitative estimate of drug-likeness (QED) is 0.0770. The molecule has 0 aromatic carbocycles. The molecule has 0 rings (SSSR count). The number of phosphoric ester groups is 1. The zero-order valence-electron chi connectivity index (χ0n) is 22.1. The SMILES string of the molecule is CCCCCCCCCCCCCCCC[N+](C)(C)CCOP(=O)([O-])OCCCCCC. The Morgan fingerprint density at radius 3 is 1.41 bits per heavy atom. The van der Waals surface area contributed by atoms with Crippen molar-refractivity contribution in [2.24, 2.45) is 0 Å². The van der Waals surface area contributed by atoms with Gasteiger partial charge in [0.25, 0.3) is 7.82 Å². The van der Waals surface area contributed by atoms with Crippen LogP contribution >= 0.6 is 7.82 Å². The van der Waals surface area contributed by atoms with E-state index in [4.69, 9.17) is 9.05 Å². The third-order valence-corrected chi connectivity index (χ3v) is 7.31. The highest BCUT2D eigenvalue weighted by Gasteiger charge is 2.17. The number of rotatable bonds is 25. The molecule has 194 valence electrons. The van der Waals surface area contributed by atoms with Crippen molar-refractivity contribution in [2.75, 3.05) is 40.4 Å². The molecule has 1 atom stereocenters. The van der Waals surface area contributed by atoms with Crippen LogP contribution in [0.3, 0.4) is 0 Å². The van der Waals surface area contributed by atoms with Gasteiger partial charge in [0.15, 0.2) is 0 Å². The van der Waals surface area contributed by atoms with Crippen LogP contribution < -0.4 is 4.89 Å². The van der Waals surface area contributed by atoms with E-state index in [0.717, 1.165) is 36.7 Å². The van der Waals surface area contributed by atoms with Gasteiger partial charge in [-0.05, 0) is 19.3 Å².